The van der Waals surface area contributed by atoms with Crippen molar-refractivity contribution in [1.82, 2.24) is 25.2 Å². The van der Waals surface area contributed by atoms with Crippen LogP contribution < -0.4 is 4.74 Å². The fourth-order valence-corrected chi connectivity index (χ4v) is 3.67. The van der Waals surface area contributed by atoms with E-state index in [0.29, 0.717) is 29.7 Å². The lowest BCUT2D eigenvalue weighted by molar-refractivity contribution is 0.0704. The molecule has 1 aromatic carbocycles. The molecule has 1 saturated carbocycles. The van der Waals surface area contributed by atoms with Gasteiger partial charge in [-0.25, -0.2) is 0 Å². The number of ether oxygens (including phenoxy) is 1. The SMILES string of the molecule is COc1cccc(-c2cc(C(=O)N3CCCC3c3nc(C4CC4)no3)[nH]n2)c1. The smallest absolute Gasteiger partial charge is 0.272 e. The Morgan fingerprint density at radius 3 is 3.00 bits per heavy atom. The third kappa shape index (κ3) is 3.04. The van der Waals surface area contributed by atoms with E-state index in [1.54, 1.807) is 18.1 Å². The van der Waals surface area contributed by atoms with E-state index >= 15 is 0 Å². The Morgan fingerprint density at radius 2 is 2.18 bits per heavy atom. The molecule has 3 aromatic rings. The molecule has 1 atom stereocenters. The Hall–Kier alpha value is -3.16. The van der Waals surface area contributed by atoms with Crippen molar-refractivity contribution < 1.29 is 14.1 Å². The molecule has 0 bridgehead atoms. The van der Waals surface area contributed by atoms with Crippen molar-refractivity contribution in [3.8, 4) is 17.0 Å². The van der Waals surface area contributed by atoms with E-state index < -0.39 is 0 Å². The van der Waals surface area contributed by atoms with Crippen molar-refractivity contribution in [3.63, 3.8) is 0 Å². The second-order valence-corrected chi connectivity index (χ2v) is 7.32. The number of benzene rings is 1. The Kier molecular flexibility index (Phi) is 4.11. The number of aromatic amines is 1. The highest BCUT2D eigenvalue weighted by Gasteiger charge is 2.37. The monoisotopic (exact) mass is 379 g/mol. The van der Waals surface area contributed by atoms with Gasteiger partial charge in [-0.05, 0) is 43.9 Å². The van der Waals surface area contributed by atoms with E-state index in [1.807, 2.05) is 24.3 Å². The molecule has 144 valence electrons. The predicted octanol–water partition coefficient (Wildman–Crippen LogP) is 3.32. The van der Waals surface area contributed by atoms with Gasteiger partial charge in [0.25, 0.3) is 5.91 Å². The number of nitrogens with one attached hydrogen (secondary N) is 1. The van der Waals surface area contributed by atoms with Crippen molar-refractivity contribution in [2.24, 2.45) is 0 Å². The highest BCUT2D eigenvalue weighted by atomic mass is 16.5. The molecule has 1 saturated heterocycles. The number of amides is 1. The van der Waals surface area contributed by atoms with Crippen LogP contribution in [0.4, 0.5) is 0 Å². The second-order valence-electron chi connectivity index (χ2n) is 7.32. The summed E-state index contributed by atoms with van der Waals surface area (Å²) in [7, 11) is 1.62. The lowest BCUT2D eigenvalue weighted by Crippen LogP contribution is -2.31. The van der Waals surface area contributed by atoms with Gasteiger partial charge in [-0.2, -0.15) is 10.1 Å². The van der Waals surface area contributed by atoms with Gasteiger partial charge < -0.3 is 14.2 Å². The number of carbonyl (C=O) groups excluding carboxylic acids is 1. The largest absolute Gasteiger partial charge is 0.497 e. The number of rotatable bonds is 5. The minimum absolute atomic E-state index is 0.102. The van der Waals surface area contributed by atoms with Gasteiger partial charge >= 0.3 is 0 Å². The van der Waals surface area contributed by atoms with Gasteiger partial charge in [-0.15, -0.1) is 0 Å². The van der Waals surface area contributed by atoms with Crippen LogP contribution in [0.2, 0.25) is 0 Å². The fraction of sp³-hybridized carbons (Fsp3) is 0.400. The highest BCUT2D eigenvalue weighted by molar-refractivity contribution is 5.93. The van der Waals surface area contributed by atoms with Gasteiger partial charge in [0.15, 0.2) is 5.82 Å². The molecule has 0 spiro atoms. The van der Waals surface area contributed by atoms with Crippen molar-refractivity contribution in [1.29, 1.82) is 0 Å². The maximum Gasteiger partial charge on any atom is 0.272 e. The van der Waals surface area contributed by atoms with E-state index in [1.165, 1.54) is 0 Å². The van der Waals surface area contributed by atoms with Crippen molar-refractivity contribution in [3.05, 3.63) is 47.7 Å². The summed E-state index contributed by atoms with van der Waals surface area (Å²) in [5.41, 5.74) is 2.04. The first kappa shape index (κ1) is 17.0. The zero-order valence-electron chi connectivity index (χ0n) is 15.6. The van der Waals surface area contributed by atoms with E-state index in [0.717, 1.165) is 42.8 Å². The molecule has 1 aliphatic heterocycles. The summed E-state index contributed by atoms with van der Waals surface area (Å²) < 4.78 is 10.7. The van der Waals surface area contributed by atoms with Gasteiger partial charge in [0.05, 0.1) is 12.8 Å². The Labute approximate surface area is 161 Å². The molecular formula is C20H21N5O3. The van der Waals surface area contributed by atoms with Crippen LogP contribution in [-0.2, 0) is 0 Å². The zero-order valence-corrected chi connectivity index (χ0v) is 15.6. The first-order valence-corrected chi connectivity index (χ1v) is 9.57. The highest BCUT2D eigenvalue weighted by Crippen LogP contribution is 2.40. The number of nitrogens with zero attached hydrogens (tertiary/aromatic N) is 4. The molecule has 28 heavy (non-hydrogen) atoms. The minimum atomic E-state index is -0.170. The molecule has 8 heteroatoms. The number of carbonyl (C=O) groups is 1. The van der Waals surface area contributed by atoms with Crippen molar-refractivity contribution >= 4 is 5.91 Å². The van der Waals surface area contributed by atoms with Crippen molar-refractivity contribution in [2.45, 2.75) is 37.6 Å². The standard InChI is InChI=1S/C20H21N5O3/c1-27-14-5-2-4-13(10-14)15-11-16(23-22-15)20(26)25-9-3-6-17(25)19-21-18(24-28-19)12-7-8-12/h2,4-5,10-12,17H,3,6-9H2,1H3,(H,22,23). The number of likely N-dealkylation sites (tertiary alicyclic amines) is 1. The van der Waals surface area contributed by atoms with E-state index in [9.17, 15) is 4.79 Å². The van der Waals surface area contributed by atoms with Crippen LogP contribution in [0.1, 0.15) is 59.8 Å². The molecule has 2 fully saturated rings. The molecule has 1 unspecified atom stereocenters. The van der Waals surface area contributed by atoms with Gasteiger partial charge in [-0.1, -0.05) is 17.3 Å². The average Bonchev–Trinajstić information content (AvgIpc) is 3.17. The molecule has 8 nitrogen and oxygen atoms in total. The molecule has 2 aromatic heterocycles. The second kappa shape index (κ2) is 6.78. The van der Waals surface area contributed by atoms with Gasteiger partial charge in [0.1, 0.15) is 17.5 Å². The van der Waals surface area contributed by atoms with Crippen LogP contribution in [0.3, 0.4) is 0 Å². The Bertz CT molecular complexity index is 1010. The van der Waals surface area contributed by atoms with Crippen LogP contribution in [0, 0.1) is 0 Å². The lowest BCUT2D eigenvalue weighted by atomic mass is 10.1. The summed E-state index contributed by atoms with van der Waals surface area (Å²) in [4.78, 5) is 19.4. The lowest BCUT2D eigenvalue weighted by Gasteiger charge is -2.20. The van der Waals surface area contributed by atoms with Crippen LogP contribution in [0.5, 0.6) is 5.75 Å². The first-order chi connectivity index (χ1) is 13.7. The summed E-state index contributed by atoms with van der Waals surface area (Å²) >= 11 is 0. The molecule has 3 heterocycles. The van der Waals surface area contributed by atoms with E-state index in [4.69, 9.17) is 9.26 Å². The molecule has 2 aliphatic rings. The van der Waals surface area contributed by atoms with Crippen LogP contribution in [0.15, 0.2) is 34.9 Å². The number of hydrogen-bond donors (Lipinski definition) is 1. The molecule has 1 N–H and O–H groups in total. The summed E-state index contributed by atoms with van der Waals surface area (Å²) in [5, 5.41) is 11.3. The molecular weight excluding hydrogens is 358 g/mol. The number of H-pyrrole nitrogens is 1. The molecule has 1 amide bonds. The third-order valence-electron chi connectivity index (χ3n) is 5.37. The van der Waals surface area contributed by atoms with Crippen LogP contribution in [-0.4, -0.2) is 44.8 Å². The summed E-state index contributed by atoms with van der Waals surface area (Å²) in [6.45, 7) is 0.665. The van der Waals surface area contributed by atoms with Gasteiger partial charge in [-0.3, -0.25) is 9.89 Å². The average molecular weight is 379 g/mol. The molecule has 5 rings (SSSR count). The van der Waals surface area contributed by atoms with Gasteiger partial charge in [0.2, 0.25) is 5.89 Å². The van der Waals surface area contributed by atoms with Gasteiger partial charge in [0, 0.05) is 18.0 Å². The van der Waals surface area contributed by atoms with Crippen LogP contribution in [0.25, 0.3) is 11.3 Å². The number of hydrogen-bond acceptors (Lipinski definition) is 6. The summed E-state index contributed by atoms with van der Waals surface area (Å²) in [5.74, 6) is 2.39. The normalized spacial score (nSPS) is 19.2. The van der Waals surface area contributed by atoms with Crippen LogP contribution >= 0.6 is 0 Å². The van der Waals surface area contributed by atoms with E-state index in [-0.39, 0.29) is 11.9 Å². The van der Waals surface area contributed by atoms with Crippen molar-refractivity contribution in [2.75, 3.05) is 13.7 Å². The minimum Gasteiger partial charge on any atom is -0.497 e. The molecule has 1 aliphatic carbocycles. The first-order valence-electron chi connectivity index (χ1n) is 9.57. The summed E-state index contributed by atoms with van der Waals surface area (Å²) in [6.07, 6.45) is 3.98. The fourth-order valence-electron chi connectivity index (χ4n) is 3.67. The summed E-state index contributed by atoms with van der Waals surface area (Å²) in [6, 6.07) is 9.20. The molecule has 0 radical (unpaired) electrons. The maximum atomic E-state index is 13.1. The number of methoxy groups -OCH3 is 1. The Balaban J connectivity index is 1.37. The Morgan fingerprint density at radius 1 is 1.29 bits per heavy atom. The maximum absolute atomic E-state index is 13.1. The van der Waals surface area contributed by atoms with E-state index in [2.05, 4.69) is 20.3 Å². The zero-order chi connectivity index (χ0) is 19.1. The number of aromatic nitrogens is 4. The topological polar surface area (TPSA) is 97.1 Å². The third-order valence-corrected chi connectivity index (χ3v) is 5.37. The quantitative estimate of drug-likeness (QED) is 0.730. The predicted molar refractivity (Wildman–Crippen MR) is 99.9 cm³/mol.